The van der Waals surface area contributed by atoms with Gasteiger partial charge in [0.15, 0.2) is 5.78 Å². The molecule has 150 valence electrons. The average Bonchev–Trinajstić information content (AvgIpc) is 2.57. The molecule has 0 aromatic heterocycles. The molecule has 4 atom stereocenters. The molecule has 0 radical (unpaired) electrons. The molecule has 1 aromatic carbocycles. The third-order valence-corrected chi connectivity index (χ3v) is 4.97. The minimum atomic E-state index is -1.39. The molecule has 2 rings (SSSR count). The van der Waals surface area contributed by atoms with E-state index in [1.54, 1.807) is 0 Å². The minimum absolute atomic E-state index is 0.0420. The second-order valence-corrected chi connectivity index (χ2v) is 7.14. The highest BCUT2D eigenvalue weighted by Gasteiger charge is 2.29. The molecule has 8 nitrogen and oxygen atoms in total. The summed E-state index contributed by atoms with van der Waals surface area (Å²) in [7, 11) is 0. The van der Waals surface area contributed by atoms with Crippen molar-refractivity contribution in [3.8, 4) is 11.5 Å². The third-order valence-electron chi connectivity index (χ3n) is 4.55. The molecule has 1 aliphatic rings. The molecule has 27 heavy (non-hydrogen) atoms. The fourth-order valence-corrected chi connectivity index (χ4v) is 3.25. The van der Waals surface area contributed by atoms with Crippen molar-refractivity contribution in [3.05, 3.63) is 22.2 Å². The van der Waals surface area contributed by atoms with Crippen LogP contribution >= 0.6 is 11.6 Å². The Morgan fingerprint density at radius 2 is 1.74 bits per heavy atom. The van der Waals surface area contributed by atoms with Gasteiger partial charge in [-0.05, 0) is 26.2 Å². The van der Waals surface area contributed by atoms with Crippen LogP contribution in [0.5, 0.6) is 11.5 Å². The molecule has 0 saturated heterocycles. The van der Waals surface area contributed by atoms with Gasteiger partial charge in [-0.2, -0.15) is 0 Å². The number of aliphatic hydroxyl groups excluding tert-OH is 3. The van der Waals surface area contributed by atoms with E-state index in [1.165, 1.54) is 6.92 Å². The second kappa shape index (κ2) is 8.88. The maximum Gasteiger partial charge on any atom is 0.342 e. The Balaban J connectivity index is 2.46. The molecular formula is C18H23ClO8. The van der Waals surface area contributed by atoms with E-state index in [2.05, 4.69) is 0 Å². The summed E-state index contributed by atoms with van der Waals surface area (Å²) in [5.74, 6) is -2.82. The zero-order valence-electron chi connectivity index (χ0n) is 14.8. The Kier molecular flexibility index (Phi) is 7.05. The number of aromatic hydroxyl groups is 2. The van der Waals surface area contributed by atoms with Crippen molar-refractivity contribution in [2.75, 3.05) is 0 Å². The molecule has 1 heterocycles. The molecule has 0 saturated carbocycles. The number of rotatable bonds is 0. The monoisotopic (exact) mass is 402 g/mol. The number of carbonyl (C=O) groups excluding carboxylic acids is 2. The molecule has 0 fully saturated rings. The van der Waals surface area contributed by atoms with Crippen molar-refractivity contribution in [2.45, 2.75) is 63.4 Å². The van der Waals surface area contributed by atoms with Crippen molar-refractivity contribution in [3.63, 3.8) is 0 Å². The van der Waals surface area contributed by atoms with Crippen LogP contribution in [0.4, 0.5) is 0 Å². The van der Waals surface area contributed by atoms with Crippen LogP contribution in [-0.2, 0) is 16.0 Å². The number of cyclic esters (lactones) is 1. The van der Waals surface area contributed by atoms with Crippen molar-refractivity contribution in [1.82, 2.24) is 0 Å². The predicted molar refractivity (Wildman–Crippen MR) is 94.9 cm³/mol. The number of carbonyl (C=O) groups is 2. The van der Waals surface area contributed by atoms with Gasteiger partial charge in [-0.3, -0.25) is 4.79 Å². The molecule has 1 aliphatic heterocycles. The molecule has 0 spiro atoms. The van der Waals surface area contributed by atoms with E-state index in [-0.39, 0.29) is 36.3 Å². The molecule has 0 bridgehead atoms. The van der Waals surface area contributed by atoms with Crippen LogP contribution in [0.25, 0.3) is 0 Å². The normalized spacial score (nSPS) is 28.2. The summed E-state index contributed by atoms with van der Waals surface area (Å²) < 4.78 is 5.19. The Bertz CT molecular complexity index is 720. The molecule has 5 N–H and O–H groups in total. The van der Waals surface area contributed by atoms with Crippen LogP contribution in [0.15, 0.2) is 6.07 Å². The fourth-order valence-electron chi connectivity index (χ4n) is 3.03. The van der Waals surface area contributed by atoms with Gasteiger partial charge in [-0.1, -0.05) is 11.6 Å². The van der Waals surface area contributed by atoms with Crippen LogP contribution in [0.1, 0.15) is 48.5 Å². The van der Waals surface area contributed by atoms with Gasteiger partial charge < -0.3 is 30.3 Å². The van der Waals surface area contributed by atoms with Crippen LogP contribution in [0, 0.1) is 0 Å². The van der Waals surface area contributed by atoms with Gasteiger partial charge in [0.1, 0.15) is 29.3 Å². The highest BCUT2D eigenvalue weighted by molar-refractivity contribution is 6.33. The predicted octanol–water partition coefficient (Wildman–Crippen LogP) is 1.06. The summed E-state index contributed by atoms with van der Waals surface area (Å²) >= 11 is 6.02. The maximum absolute atomic E-state index is 12.5. The minimum Gasteiger partial charge on any atom is -0.507 e. The standard InChI is InChI=1S/C18H23ClO8/c1-8-5-12(22)10(20)3-2-4-11(21)13(23)6-9-16(18(26)27-8)14(24)7-15(25)17(9)19/h7-8,10-12,20-22,24-25H,2-6H2,1H3/t8-,10-,11?,12-/m1/s1. The van der Waals surface area contributed by atoms with E-state index in [0.717, 1.165) is 6.07 Å². The topological polar surface area (TPSA) is 145 Å². The van der Waals surface area contributed by atoms with Crippen molar-refractivity contribution in [1.29, 1.82) is 0 Å². The van der Waals surface area contributed by atoms with E-state index in [0.29, 0.717) is 0 Å². The van der Waals surface area contributed by atoms with Crippen LogP contribution in [0.2, 0.25) is 5.02 Å². The summed E-state index contributed by atoms with van der Waals surface area (Å²) in [6.45, 7) is 1.51. The second-order valence-electron chi connectivity index (χ2n) is 6.76. The SMILES string of the molecule is C[C@@H]1C[C@@H](O)[C@H](O)CCCC(O)C(=O)Cc2c(Cl)c(O)cc(O)c2C(=O)O1. The molecular weight excluding hydrogens is 380 g/mol. The van der Waals surface area contributed by atoms with Gasteiger partial charge in [0.2, 0.25) is 0 Å². The lowest BCUT2D eigenvalue weighted by Crippen LogP contribution is -2.32. The molecule has 0 aliphatic carbocycles. The quantitative estimate of drug-likeness (QED) is 0.405. The lowest BCUT2D eigenvalue weighted by molar-refractivity contribution is -0.126. The summed E-state index contributed by atoms with van der Waals surface area (Å²) in [6, 6.07) is 0.857. The summed E-state index contributed by atoms with van der Waals surface area (Å²) in [4.78, 5) is 24.8. The number of phenolic OH excluding ortho intramolecular Hbond substituents is 2. The first kappa shape index (κ1) is 21.4. The highest BCUT2D eigenvalue weighted by atomic mass is 35.5. The van der Waals surface area contributed by atoms with Gasteiger partial charge in [-0.25, -0.2) is 4.79 Å². The molecule has 1 aromatic rings. The van der Waals surface area contributed by atoms with Crippen LogP contribution < -0.4 is 0 Å². The Labute approximate surface area is 161 Å². The maximum atomic E-state index is 12.5. The van der Waals surface area contributed by atoms with Gasteiger partial charge in [-0.15, -0.1) is 0 Å². The molecule has 0 amide bonds. The number of esters is 1. The van der Waals surface area contributed by atoms with E-state index in [9.17, 15) is 35.1 Å². The van der Waals surface area contributed by atoms with Crippen molar-refractivity contribution < 1.29 is 39.9 Å². The Morgan fingerprint density at radius 1 is 1.07 bits per heavy atom. The van der Waals surface area contributed by atoms with Gasteiger partial charge in [0, 0.05) is 24.5 Å². The lowest BCUT2D eigenvalue weighted by atomic mass is 9.95. The number of phenols is 2. The number of ketones is 1. The number of ether oxygens (including phenoxy) is 1. The third kappa shape index (κ3) is 5.10. The Morgan fingerprint density at radius 3 is 2.41 bits per heavy atom. The van der Waals surface area contributed by atoms with Crippen LogP contribution in [0.3, 0.4) is 0 Å². The summed E-state index contributed by atoms with van der Waals surface area (Å²) in [6.07, 6.45) is -4.51. The number of halogens is 1. The smallest absolute Gasteiger partial charge is 0.342 e. The zero-order chi connectivity index (χ0) is 20.3. The molecule has 1 unspecified atom stereocenters. The number of hydrogen-bond donors (Lipinski definition) is 5. The number of fused-ring (bicyclic) bond motifs is 1. The van der Waals surface area contributed by atoms with Crippen LogP contribution in [-0.4, -0.2) is 61.7 Å². The van der Waals surface area contributed by atoms with Gasteiger partial charge in [0.25, 0.3) is 0 Å². The van der Waals surface area contributed by atoms with Gasteiger partial charge in [0.05, 0.1) is 17.2 Å². The first-order chi connectivity index (χ1) is 12.6. The number of aliphatic hydroxyl groups is 3. The van der Waals surface area contributed by atoms with Gasteiger partial charge >= 0.3 is 5.97 Å². The lowest BCUT2D eigenvalue weighted by Gasteiger charge is -2.23. The van der Waals surface area contributed by atoms with Crippen molar-refractivity contribution >= 4 is 23.4 Å². The number of benzene rings is 1. The largest absolute Gasteiger partial charge is 0.507 e. The average molecular weight is 403 g/mol. The number of Topliss-reactive ketones (excluding diaryl/α,β-unsaturated/α-hetero) is 1. The molecule has 9 heteroatoms. The summed E-state index contributed by atoms with van der Waals surface area (Å²) in [5, 5.41) is 49.6. The van der Waals surface area contributed by atoms with E-state index < -0.39 is 59.7 Å². The highest BCUT2D eigenvalue weighted by Crippen LogP contribution is 2.37. The van der Waals surface area contributed by atoms with Crippen molar-refractivity contribution in [2.24, 2.45) is 0 Å². The first-order valence-electron chi connectivity index (χ1n) is 8.63. The Hall–Kier alpha value is -1.87. The first-order valence-corrected chi connectivity index (χ1v) is 9.00. The van der Waals surface area contributed by atoms with E-state index in [4.69, 9.17) is 16.3 Å². The fraction of sp³-hybridized carbons (Fsp3) is 0.556. The van der Waals surface area contributed by atoms with E-state index in [1.807, 2.05) is 0 Å². The zero-order valence-corrected chi connectivity index (χ0v) is 15.5. The van der Waals surface area contributed by atoms with E-state index >= 15 is 0 Å². The summed E-state index contributed by atoms with van der Waals surface area (Å²) in [5.41, 5.74) is -0.537. The number of hydrogen-bond acceptors (Lipinski definition) is 8.